The molecule has 4 heteroatoms. The minimum absolute atomic E-state index is 0.119. The van der Waals surface area contributed by atoms with Crippen molar-refractivity contribution in [2.75, 3.05) is 20.7 Å². The predicted molar refractivity (Wildman–Crippen MR) is 108 cm³/mol. The average molecular weight is 362 g/mol. The van der Waals surface area contributed by atoms with Crippen molar-refractivity contribution in [2.45, 2.75) is 19.3 Å². The van der Waals surface area contributed by atoms with Crippen LogP contribution in [0.5, 0.6) is 5.75 Å². The molecule has 0 spiro atoms. The van der Waals surface area contributed by atoms with Gasteiger partial charge in [-0.2, -0.15) is 0 Å². The minimum atomic E-state index is 0.119. The van der Waals surface area contributed by atoms with E-state index in [9.17, 15) is 4.79 Å². The number of fused-ring (bicyclic) bond motifs is 1. The van der Waals surface area contributed by atoms with Gasteiger partial charge in [0, 0.05) is 50.1 Å². The number of aryl methyl sites for hydroxylation is 1. The van der Waals surface area contributed by atoms with Gasteiger partial charge in [-0.05, 0) is 47.7 Å². The van der Waals surface area contributed by atoms with Crippen molar-refractivity contribution >= 4 is 16.8 Å². The second-order valence-corrected chi connectivity index (χ2v) is 7.55. The fourth-order valence-electron chi connectivity index (χ4n) is 4.21. The number of amides is 1. The maximum Gasteiger partial charge on any atom is 0.225 e. The molecule has 140 valence electrons. The van der Waals surface area contributed by atoms with Crippen LogP contribution in [0.2, 0.25) is 0 Å². The van der Waals surface area contributed by atoms with E-state index in [4.69, 9.17) is 4.74 Å². The number of carbonyl (C=O) groups is 1. The Morgan fingerprint density at radius 2 is 1.93 bits per heavy atom. The molecule has 1 aliphatic heterocycles. The molecule has 0 aliphatic carbocycles. The van der Waals surface area contributed by atoms with Gasteiger partial charge >= 0.3 is 0 Å². The van der Waals surface area contributed by atoms with Gasteiger partial charge in [-0.25, -0.2) is 0 Å². The number of methoxy groups -OCH3 is 1. The first-order chi connectivity index (χ1) is 13.1. The van der Waals surface area contributed by atoms with E-state index in [-0.39, 0.29) is 11.8 Å². The van der Waals surface area contributed by atoms with Gasteiger partial charge in [0.25, 0.3) is 0 Å². The van der Waals surface area contributed by atoms with Gasteiger partial charge in [-0.15, -0.1) is 0 Å². The van der Waals surface area contributed by atoms with Crippen LogP contribution in [0.25, 0.3) is 10.9 Å². The number of likely N-dealkylation sites (tertiary alicyclic amines) is 1. The summed E-state index contributed by atoms with van der Waals surface area (Å²) < 4.78 is 7.70. The molecule has 1 saturated heterocycles. The lowest BCUT2D eigenvalue weighted by atomic mass is 9.95. The van der Waals surface area contributed by atoms with E-state index in [0.29, 0.717) is 0 Å². The largest absolute Gasteiger partial charge is 0.496 e. The number of hydrogen-bond acceptors (Lipinski definition) is 2. The van der Waals surface area contributed by atoms with Crippen molar-refractivity contribution in [1.82, 2.24) is 9.47 Å². The molecule has 3 aromatic rings. The second kappa shape index (κ2) is 7.10. The normalized spacial score (nSPS) is 17.1. The zero-order chi connectivity index (χ0) is 19.0. The van der Waals surface area contributed by atoms with E-state index in [2.05, 4.69) is 48.1 Å². The van der Waals surface area contributed by atoms with Crippen LogP contribution in [-0.4, -0.2) is 36.1 Å². The number of para-hydroxylation sites is 1. The molecule has 4 nitrogen and oxygen atoms in total. The van der Waals surface area contributed by atoms with Crippen molar-refractivity contribution in [2.24, 2.45) is 13.0 Å². The topological polar surface area (TPSA) is 34.5 Å². The molecule has 0 radical (unpaired) electrons. The molecule has 4 rings (SSSR count). The van der Waals surface area contributed by atoms with Crippen LogP contribution in [0.15, 0.2) is 48.7 Å². The second-order valence-electron chi connectivity index (χ2n) is 7.55. The number of ether oxygens (including phenoxy) is 1. The zero-order valence-electron chi connectivity index (χ0n) is 16.2. The van der Waals surface area contributed by atoms with E-state index in [1.165, 1.54) is 27.6 Å². The SMILES string of the molecule is COc1ccccc1Cc1cn(C)c2ccc(CC3CCN(C)C3=O)cc12. The molecule has 27 heavy (non-hydrogen) atoms. The lowest BCUT2D eigenvalue weighted by Crippen LogP contribution is -2.23. The number of carbonyl (C=O) groups excluding carboxylic acids is 1. The molecule has 1 aliphatic rings. The summed E-state index contributed by atoms with van der Waals surface area (Å²) in [7, 11) is 5.70. The first-order valence-electron chi connectivity index (χ1n) is 9.50. The number of nitrogens with zero attached hydrogens (tertiary/aromatic N) is 2. The van der Waals surface area contributed by atoms with Gasteiger partial charge in [-0.1, -0.05) is 24.3 Å². The summed E-state index contributed by atoms with van der Waals surface area (Å²) in [6.45, 7) is 0.871. The number of hydrogen-bond donors (Lipinski definition) is 0. The molecule has 2 aromatic carbocycles. The van der Waals surface area contributed by atoms with Gasteiger partial charge < -0.3 is 14.2 Å². The van der Waals surface area contributed by atoms with Crippen LogP contribution in [0.1, 0.15) is 23.1 Å². The Labute approximate surface area is 160 Å². The molecule has 0 bridgehead atoms. The molecule has 1 fully saturated rings. The van der Waals surface area contributed by atoms with Crippen molar-refractivity contribution in [3.05, 3.63) is 65.4 Å². The standard InChI is InChI=1S/C23H26N2O2/c1-24-11-10-18(23(24)26)12-16-8-9-21-20(13-16)19(15-25(21)2)14-17-6-4-5-7-22(17)27-3/h4-9,13,15,18H,10-12,14H2,1-3H3. The van der Waals surface area contributed by atoms with Crippen LogP contribution in [0.4, 0.5) is 0 Å². The van der Waals surface area contributed by atoms with Crippen LogP contribution < -0.4 is 4.74 Å². The summed E-state index contributed by atoms with van der Waals surface area (Å²) in [5, 5.41) is 1.26. The number of benzene rings is 2. The third kappa shape index (κ3) is 3.32. The average Bonchev–Trinajstić information content (AvgIpc) is 3.16. The number of aromatic nitrogens is 1. The highest BCUT2D eigenvalue weighted by Gasteiger charge is 2.29. The Hall–Kier alpha value is -2.75. The first-order valence-corrected chi connectivity index (χ1v) is 9.50. The molecule has 1 unspecified atom stereocenters. The summed E-state index contributed by atoms with van der Waals surface area (Å²) in [4.78, 5) is 14.1. The van der Waals surface area contributed by atoms with Crippen molar-refractivity contribution in [3.63, 3.8) is 0 Å². The lowest BCUT2D eigenvalue weighted by Gasteiger charge is -2.11. The summed E-state index contributed by atoms with van der Waals surface area (Å²) in [5.41, 5.74) is 4.93. The van der Waals surface area contributed by atoms with Crippen LogP contribution in [0.3, 0.4) is 0 Å². The van der Waals surface area contributed by atoms with E-state index in [1.807, 2.05) is 24.1 Å². The lowest BCUT2D eigenvalue weighted by molar-refractivity contribution is -0.129. The summed E-state index contributed by atoms with van der Waals surface area (Å²) in [6, 6.07) is 14.8. The Morgan fingerprint density at radius 1 is 1.11 bits per heavy atom. The van der Waals surface area contributed by atoms with Gasteiger partial charge in [0.2, 0.25) is 5.91 Å². The van der Waals surface area contributed by atoms with Gasteiger partial charge in [0.05, 0.1) is 7.11 Å². The molecular weight excluding hydrogens is 336 g/mol. The Balaban J connectivity index is 1.66. The van der Waals surface area contributed by atoms with Crippen LogP contribution in [-0.2, 0) is 24.7 Å². The maximum absolute atomic E-state index is 12.3. The molecular formula is C23H26N2O2. The van der Waals surface area contributed by atoms with Crippen molar-refractivity contribution in [1.29, 1.82) is 0 Å². The van der Waals surface area contributed by atoms with Gasteiger partial charge in [0.15, 0.2) is 0 Å². The third-order valence-electron chi connectivity index (χ3n) is 5.73. The fourth-order valence-corrected chi connectivity index (χ4v) is 4.21. The first kappa shape index (κ1) is 17.7. The highest BCUT2D eigenvalue weighted by Crippen LogP contribution is 2.29. The number of rotatable bonds is 5. The molecule has 0 saturated carbocycles. The Kier molecular flexibility index (Phi) is 4.65. The molecule has 1 amide bonds. The molecule has 0 N–H and O–H groups in total. The monoisotopic (exact) mass is 362 g/mol. The van der Waals surface area contributed by atoms with E-state index in [1.54, 1.807) is 7.11 Å². The summed E-state index contributed by atoms with van der Waals surface area (Å²) in [5.74, 6) is 1.32. The van der Waals surface area contributed by atoms with E-state index in [0.717, 1.165) is 31.6 Å². The predicted octanol–water partition coefficient (Wildman–Crippen LogP) is 3.80. The molecule has 1 aromatic heterocycles. The van der Waals surface area contributed by atoms with E-state index >= 15 is 0 Å². The van der Waals surface area contributed by atoms with Gasteiger partial charge in [0.1, 0.15) is 5.75 Å². The summed E-state index contributed by atoms with van der Waals surface area (Å²) >= 11 is 0. The Bertz CT molecular complexity index is 989. The maximum atomic E-state index is 12.3. The highest BCUT2D eigenvalue weighted by atomic mass is 16.5. The highest BCUT2D eigenvalue weighted by molar-refractivity contribution is 5.86. The Morgan fingerprint density at radius 3 is 2.67 bits per heavy atom. The molecule has 1 atom stereocenters. The summed E-state index contributed by atoms with van der Waals surface area (Å²) in [6.07, 6.45) is 4.81. The fraction of sp³-hybridized carbons (Fsp3) is 0.348. The molecule has 2 heterocycles. The third-order valence-corrected chi connectivity index (χ3v) is 5.73. The van der Waals surface area contributed by atoms with Crippen molar-refractivity contribution < 1.29 is 9.53 Å². The van der Waals surface area contributed by atoms with Crippen LogP contribution in [0, 0.1) is 5.92 Å². The minimum Gasteiger partial charge on any atom is -0.496 e. The van der Waals surface area contributed by atoms with Crippen LogP contribution >= 0.6 is 0 Å². The van der Waals surface area contributed by atoms with Crippen molar-refractivity contribution in [3.8, 4) is 5.75 Å². The zero-order valence-corrected chi connectivity index (χ0v) is 16.2. The smallest absolute Gasteiger partial charge is 0.225 e. The van der Waals surface area contributed by atoms with Gasteiger partial charge in [-0.3, -0.25) is 4.79 Å². The quantitative estimate of drug-likeness (QED) is 0.692. The van der Waals surface area contributed by atoms with E-state index < -0.39 is 0 Å².